The molecule has 1 heterocycles. The first kappa shape index (κ1) is 16.2. The molecule has 0 atom stereocenters. The predicted octanol–water partition coefficient (Wildman–Crippen LogP) is 1.39. The number of nitrogens with one attached hydrogen (secondary N) is 1. The van der Waals surface area contributed by atoms with Crippen LogP contribution in [-0.4, -0.2) is 27.2 Å². The van der Waals surface area contributed by atoms with E-state index in [0.29, 0.717) is 15.7 Å². The Labute approximate surface area is 134 Å². The molecule has 118 valence electrons. The number of anilines is 1. The van der Waals surface area contributed by atoms with Gasteiger partial charge >= 0.3 is 0 Å². The highest BCUT2D eigenvalue weighted by Gasteiger charge is 2.06. The summed E-state index contributed by atoms with van der Waals surface area (Å²) in [6, 6.07) is 6.15. The number of hydrazone groups is 1. The van der Waals surface area contributed by atoms with Crippen LogP contribution < -0.4 is 11.2 Å². The van der Waals surface area contributed by atoms with E-state index in [2.05, 4.69) is 20.7 Å². The molecule has 0 fully saturated rings. The number of hydrogen-bond acceptors (Lipinski definition) is 8. The van der Waals surface area contributed by atoms with Gasteiger partial charge in [-0.3, -0.25) is 14.9 Å². The van der Waals surface area contributed by atoms with Crippen LogP contribution in [0.4, 0.5) is 10.8 Å². The number of aromatic nitrogens is 2. The minimum absolute atomic E-state index is 0.00808. The van der Waals surface area contributed by atoms with E-state index in [4.69, 9.17) is 5.73 Å². The molecule has 0 aliphatic rings. The van der Waals surface area contributed by atoms with E-state index in [1.54, 1.807) is 24.3 Å². The number of carbonyl (C=O) groups is 1. The van der Waals surface area contributed by atoms with Crippen molar-refractivity contribution in [2.45, 2.75) is 6.42 Å². The molecule has 0 spiro atoms. The quantitative estimate of drug-likeness (QED) is 0.466. The van der Waals surface area contributed by atoms with Gasteiger partial charge in [0.15, 0.2) is 0 Å². The van der Waals surface area contributed by atoms with Gasteiger partial charge in [0, 0.05) is 18.3 Å². The molecule has 1 aromatic carbocycles. The molecule has 1 amide bonds. The minimum Gasteiger partial charge on any atom is -0.374 e. The van der Waals surface area contributed by atoms with E-state index < -0.39 is 4.92 Å². The topological polar surface area (TPSA) is 136 Å². The second kappa shape index (κ2) is 7.75. The highest BCUT2D eigenvalue weighted by molar-refractivity contribution is 7.15. The zero-order chi connectivity index (χ0) is 16.7. The van der Waals surface area contributed by atoms with Crippen molar-refractivity contribution in [1.82, 2.24) is 15.6 Å². The summed E-state index contributed by atoms with van der Waals surface area (Å²) in [6.45, 7) is 0. The Morgan fingerprint density at radius 1 is 1.48 bits per heavy atom. The average Bonchev–Trinajstić information content (AvgIpc) is 2.92. The molecule has 0 aliphatic carbocycles. The van der Waals surface area contributed by atoms with Crippen LogP contribution in [0.25, 0.3) is 6.08 Å². The third-order valence-electron chi connectivity index (χ3n) is 2.51. The van der Waals surface area contributed by atoms with Gasteiger partial charge in [-0.15, -0.1) is 10.2 Å². The van der Waals surface area contributed by atoms with Crippen molar-refractivity contribution < 1.29 is 9.72 Å². The van der Waals surface area contributed by atoms with Crippen LogP contribution in [0.1, 0.15) is 10.6 Å². The van der Waals surface area contributed by atoms with Crippen LogP contribution in [0, 0.1) is 10.1 Å². The summed E-state index contributed by atoms with van der Waals surface area (Å²) in [5.74, 6) is -0.346. The molecule has 0 bridgehead atoms. The van der Waals surface area contributed by atoms with Crippen molar-refractivity contribution in [2.24, 2.45) is 5.10 Å². The largest absolute Gasteiger partial charge is 0.374 e. The maximum atomic E-state index is 11.5. The van der Waals surface area contributed by atoms with Gasteiger partial charge < -0.3 is 5.73 Å². The van der Waals surface area contributed by atoms with E-state index in [9.17, 15) is 14.9 Å². The molecule has 0 saturated carbocycles. The molecule has 0 aliphatic heterocycles. The number of nitrogens with zero attached hydrogens (tertiary/aromatic N) is 4. The molecule has 2 aromatic rings. The number of allylic oxidation sites excluding steroid dienone is 1. The molecular weight excluding hydrogens is 320 g/mol. The molecule has 2 rings (SSSR count). The molecule has 1 aromatic heterocycles. The second-order valence-corrected chi connectivity index (χ2v) is 5.33. The van der Waals surface area contributed by atoms with Gasteiger partial charge in [-0.25, -0.2) is 5.43 Å². The van der Waals surface area contributed by atoms with Crippen molar-refractivity contribution in [3.05, 3.63) is 51.0 Å². The zero-order valence-corrected chi connectivity index (χ0v) is 12.6. The molecule has 23 heavy (non-hydrogen) atoms. The monoisotopic (exact) mass is 332 g/mol. The van der Waals surface area contributed by atoms with E-state index in [-0.39, 0.29) is 18.0 Å². The number of nitro benzene ring substituents is 1. The van der Waals surface area contributed by atoms with Crippen molar-refractivity contribution in [2.75, 3.05) is 5.73 Å². The summed E-state index contributed by atoms with van der Waals surface area (Å²) in [5, 5.41) is 22.5. The number of benzene rings is 1. The number of nitrogens with two attached hydrogens (primary N) is 1. The number of rotatable bonds is 6. The lowest BCUT2D eigenvalue weighted by Crippen LogP contribution is -2.19. The number of amides is 1. The number of nitro groups is 1. The molecule has 10 heteroatoms. The van der Waals surface area contributed by atoms with Crippen LogP contribution in [0.5, 0.6) is 0 Å². The van der Waals surface area contributed by atoms with Gasteiger partial charge in [0.05, 0.1) is 11.3 Å². The van der Waals surface area contributed by atoms with Gasteiger partial charge in [0.2, 0.25) is 11.0 Å². The Balaban J connectivity index is 1.83. The fourth-order valence-corrected chi connectivity index (χ4v) is 2.17. The van der Waals surface area contributed by atoms with E-state index in [1.807, 2.05) is 0 Å². The maximum Gasteiger partial charge on any atom is 0.270 e. The molecular formula is C13H12N6O3S. The van der Waals surface area contributed by atoms with E-state index in [1.165, 1.54) is 18.3 Å². The van der Waals surface area contributed by atoms with Crippen LogP contribution in [0.3, 0.4) is 0 Å². The first-order chi connectivity index (χ1) is 11.0. The zero-order valence-electron chi connectivity index (χ0n) is 11.7. The normalized spacial score (nSPS) is 11.1. The van der Waals surface area contributed by atoms with Crippen LogP contribution in [0.2, 0.25) is 0 Å². The Morgan fingerprint density at radius 2 is 2.30 bits per heavy atom. The fraction of sp³-hybridized carbons (Fsp3) is 0.0769. The highest BCUT2D eigenvalue weighted by atomic mass is 32.1. The van der Waals surface area contributed by atoms with Crippen molar-refractivity contribution in [3.8, 4) is 0 Å². The molecule has 3 N–H and O–H groups in total. The molecule has 0 radical (unpaired) electrons. The molecule has 9 nitrogen and oxygen atoms in total. The first-order valence-corrected chi connectivity index (χ1v) is 7.17. The maximum absolute atomic E-state index is 11.5. The Bertz CT molecular complexity index is 771. The average molecular weight is 332 g/mol. The summed E-state index contributed by atoms with van der Waals surface area (Å²) >= 11 is 1.13. The van der Waals surface area contributed by atoms with Gasteiger partial charge in [-0.05, 0) is 11.6 Å². The highest BCUT2D eigenvalue weighted by Crippen LogP contribution is 2.14. The number of carbonyl (C=O) groups excluding carboxylic acids is 1. The van der Waals surface area contributed by atoms with Gasteiger partial charge in [0.25, 0.3) is 5.69 Å². The van der Waals surface area contributed by atoms with Gasteiger partial charge in [-0.2, -0.15) is 5.10 Å². The standard InChI is InChI=1S/C13H12N6O3S/c14-13-18-17-12(23-13)8-11(20)16-15-6-2-4-9-3-1-5-10(7-9)19(21)22/h1-7H,8H2,(H2,14,18)(H,16,20). The summed E-state index contributed by atoms with van der Waals surface area (Å²) in [4.78, 5) is 21.7. The van der Waals surface area contributed by atoms with Crippen molar-refractivity contribution in [1.29, 1.82) is 0 Å². The Morgan fingerprint density at radius 3 is 3.00 bits per heavy atom. The van der Waals surface area contributed by atoms with Crippen molar-refractivity contribution >= 4 is 40.4 Å². The lowest BCUT2D eigenvalue weighted by molar-refractivity contribution is -0.384. The Hall–Kier alpha value is -3.14. The summed E-state index contributed by atoms with van der Waals surface area (Å²) in [6.07, 6.45) is 4.60. The lowest BCUT2D eigenvalue weighted by Gasteiger charge is -1.95. The third-order valence-corrected chi connectivity index (χ3v) is 3.27. The van der Waals surface area contributed by atoms with Crippen molar-refractivity contribution in [3.63, 3.8) is 0 Å². The third kappa shape index (κ3) is 5.28. The fourth-order valence-electron chi connectivity index (χ4n) is 1.56. The summed E-state index contributed by atoms with van der Waals surface area (Å²) in [5.41, 5.74) is 8.40. The van der Waals surface area contributed by atoms with Crippen LogP contribution in [0.15, 0.2) is 35.4 Å². The van der Waals surface area contributed by atoms with E-state index in [0.717, 1.165) is 11.3 Å². The lowest BCUT2D eigenvalue weighted by atomic mass is 10.2. The van der Waals surface area contributed by atoms with Crippen LogP contribution in [-0.2, 0) is 11.2 Å². The van der Waals surface area contributed by atoms with Gasteiger partial charge in [-0.1, -0.05) is 29.5 Å². The smallest absolute Gasteiger partial charge is 0.270 e. The van der Waals surface area contributed by atoms with E-state index >= 15 is 0 Å². The SMILES string of the molecule is Nc1nnc(CC(=O)NN=CC=Cc2cccc([N+](=O)[O-])c2)s1. The second-order valence-electron chi connectivity index (χ2n) is 4.24. The number of nitrogen functional groups attached to an aromatic ring is 1. The molecule has 0 saturated heterocycles. The number of hydrogen-bond donors (Lipinski definition) is 2. The molecule has 0 unspecified atom stereocenters. The minimum atomic E-state index is -0.466. The predicted molar refractivity (Wildman–Crippen MR) is 86.8 cm³/mol. The van der Waals surface area contributed by atoms with Crippen LogP contribution >= 0.6 is 11.3 Å². The number of non-ortho nitro benzene ring substituents is 1. The Kier molecular flexibility index (Phi) is 5.47. The summed E-state index contributed by atoms with van der Waals surface area (Å²) in [7, 11) is 0. The summed E-state index contributed by atoms with van der Waals surface area (Å²) < 4.78 is 0. The van der Waals surface area contributed by atoms with Gasteiger partial charge in [0.1, 0.15) is 5.01 Å². The first-order valence-electron chi connectivity index (χ1n) is 6.35.